The summed E-state index contributed by atoms with van der Waals surface area (Å²) < 4.78 is 1.37. The van der Waals surface area contributed by atoms with Gasteiger partial charge in [0.05, 0.1) is 30.1 Å². The molecule has 1 heterocycles. The van der Waals surface area contributed by atoms with Crippen LogP contribution in [0.25, 0.3) is 0 Å². The van der Waals surface area contributed by atoms with Gasteiger partial charge in [0.15, 0.2) is 0 Å². The first kappa shape index (κ1) is 14.8. The number of nitrogens with zero attached hydrogens (tertiary/aromatic N) is 4. The van der Waals surface area contributed by atoms with Crippen molar-refractivity contribution in [2.24, 2.45) is 5.73 Å². The summed E-state index contributed by atoms with van der Waals surface area (Å²) in [5.41, 5.74) is 7.49. The number of likely N-dealkylation sites (N-methyl/N-ethyl adjacent to an activating group) is 1. The summed E-state index contributed by atoms with van der Waals surface area (Å²) in [5, 5.41) is 13.1. The molecule has 0 spiro atoms. The summed E-state index contributed by atoms with van der Waals surface area (Å²) in [6, 6.07) is 10.8. The van der Waals surface area contributed by atoms with Gasteiger partial charge in [-0.15, -0.1) is 0 Å². The molecule has 0 amide bonds. The molecular weight excluding hydrogens is 266 g/mol. The molecule has 0 bridgehead atoms. The van der Waals surface area contributed by atoms with E-state index >= 15 is 0 Å². The number of hydrogen-bond acceptors (Lipinski definition) is 5. The van der Waals surface area contributed by atoms with Crippen LogP contribution >= 0.6 is 0 Å². The number of anilines is 1. The van der Waals surface area contributed by atoms with Gasteiger partial charge in [0.2, 0.25) is 0 Å². The van der Waals surface area contributed by atoms with Crippen molar-refractivity contribution in [1.29, 1.82) is 5.26 Å². The molecule has 6 heteroatoms. The Kier molecular flexibility index (Phi) is 4.69. The molecule has 2 N–H and O–H groups in total. The van der Waals surface area contributed by atoms with Gasteiger partial charge in [-0.25, -0.2) is 4.68 Å². The van der Waals surface area contributed by atoms with Gasteiger partial charge in [-0.2, -0.15) is 10.4 Å². The molecule has 1 aromatic carbocycles. The van der Waals surface area contributed by atoms with Gasteiger partial charge in [-0.05, 0) is 17.7 Å². The van der Waals surface area contributed by atoms with E-state index in [1.807, 2.05) is 18.0 Å². The SMILES string of the molecule is CN(CCN)c1cnn(Cc2cccc(C#N)c2)c(=O)c1. The second-order valence-electron chi connectivity index (χ2n) is 4.73. The molecule has 2 rings (SSSR count). The summed E-state index contributed by atoms with van der Waals surface area (Å²) >= 11 is 0. The highest BCUT2D eigenvalue weighted by Crippen LogP contribution is 2.08. The number of benzene rings is 1. The fourth-order valence-electron chi connectivity index (χ4n) is 1.99. The first-order valence-corrected chi connectivity index (χ1v) is 6.61. The predicted molar refractivity (Wildman–Crippen MR) is 81.1 cm³/mol. The number of nitrogens with two attached hydrogens (primary N) is 1. The number of hydrogen-bond donors (Lipinski definition) is 1. The first-order valence-electron chi connectivity index (χ1n) is 6.61. The Labute approximate surface area is 123 Å². The maximum Gasteiger partial charge on any atom is 0.269 e. The molecule has 108 valence electrons. The summed E-state index contributed by atoms with van der Waals surface area (Å²) in [6.07, 6.45) is 1.64. The number of rotatable bonds is 5. The molecule has 0 aliphatic carbocycles. The smallest absolute Gasteiger partial charge is 0.269 e. The fourth-order valence-corrected chi connectivity index (χ4v) is 1.99. The Balaban J connectivity index is 2.21. The van der Waals surface area contributed by atoms with Crippen LogP contribution in [0.15, 0.2) is 41.3 Å². The lowest BCUT2D eigenvalue weighted by atomic mass is 10.1. The zero-order chi connectivity index (χ0) is 15.2. The van der Waals surface area contributed by atoms with Crippen LogP contribution < -0.4 is 16.2 Å². The third kappa shape index (κ3) is 3.68. The van der Waals surface area contributed by atoms with E-state index < -0.39 is 0 Å². The molecule has 0 aliphatic rings. The average molecular weight is 283 g/mol. The van der Waals surface area contributed by atoms with Crippen molar-refractivity contribution < 1.29 is 0 Å². The minimum absolute atomic E-state index is 0.182. The van der Waals surface area contributed by atoms with E-state index in [-0.39, 0.29) is 5.56 Å². The quantitative estimate of drug-likeness (QED) is 0.866. The summed E-state index contributed by atoms with van der Waals surface area (Å²) in [7, 11) is 1.87. The largest absolute Gasteiger partial charge is 0.372 e. The molecule has 21 heavy (non-hydrogen) atoms. The van der Waals surface area contributed by atoms with Crippen molar-refractivity contribution in [1.82, 2.24) is 9.78 Å². The van der Waals surface area contributed by atoms with Crippen molar-refractivity contribution in [2.75, 3.05) is 25.0 Å². The summed E-state index contributed by atoms with van der Waals surface area (Å²) in [4.78, 5) is 14.0. The Morgan fingerprint density at radius 1 is 1.43 bits per heavy atom. The van der Waals surface area contributed by atoms with E-state index in [1.165, 1.54) is 10.7 Å². The second kappa shape index (κ2) is 6.68. The minimum atomic E-state index is -0.182. The molecule has 0 unspecified atom stereocenters. The fraction of sp³-hybridized carbons (Fsp3) is 0.267. The molecule has 0 aliphatic heterocycles. The van der Waals surface area contributed by atoms with E-state index in [0.29, 0.717) is 25.2 Å². The van der Waals surface area contributed by atoms with Crippen molar-refractivity contribution in [2.45, 2.75) is 6.54 Å². The summed E-state index contributed by atoms with van der Waals surface area (Å²) in [6.45, 7) is 1.52. The highest BCUT2D eigenvalue weighted by molar-refractivity contribution is 5.41. The Bertz CT molecular complexity index is 716. The normalized spacial score (nSPS) is 10.1. The van der Waals surface area contributed by atoms with Crippen LogP contribution in [-0.4, -0.2) is 29.9 Å². The summed E-state index contributed by atoms with van der Waals surface area (Å²) in [5.74, 6) is 0. The number of aromatic nitrogens is 2. The molecule has 6 nitrogen and oxygen atoms in total. The number of nitriles is 1. The molecule has 0 saturated heterocycles. The molecular formula is C15H17N5O. The lowest BCUT2D eigenvalue weighted by Crippen LogP contribution is -2.29. The highest BCUT2D eigenvalue weighted by Gasteiger charge is 2.05. The Morgan fingerprint density at radius 3 is 2.90 bits per heavy atom. The average Bonchev–Trinajstić information content (AvgIpc) is 2.49. The first-order chi connectivity index (χ1) is 10.1. The van der Waals surface area contributed by atoms with Crippen LogP contribution in [-0.2, 0) is 6.54 Å². The Hall–Kier alpha value is -2.65. The van der Waals surface area contributed by atoms with Crippen LogP contribution in [0.4, 0.5) is 5.69 Å². The lowest BCUT2D eigenvalue weighted by Gasteiger charge is -2.17. The van der Waals surface area contributed by atoms with E-state index in [1.54, 1.807) is 24.4 Å². The molecule has 0 saturated carbocycles. The zero-order valence-electron chi connectivity index (χ0n) is 11.9. The van der Waals surface area contributed by atoms with Crippen LogP contribution in [0.1, 0.15) is 11.1 Å². The lowest BCUT2D eigenvalue weighted by molar-refractivity contribution is 0.637. The molecule has 0 atom stereocenters. The van der Waals surface area contributed by atoms with Crippen LogP contribution in [0.2, 0.25) is 0 Å². The third-order valence-corrected chi connectivity index (χ3v) is 3.15. The van der Waals surface area contributed by atoms with E-state index in [9.17, 15) is 4.79 Å². The van der Waals surface area contributed by atoms with Crippen molar-refractivity contribution >= 4 is 5.69 Å². The van der Waals surface area contributed by atoms with Gasteiger partial charge in [0.1, 0.15) is 0 Å². The van der Waals surface area contributed by atoms with Gasteiger partial charge in [0, 0.05) is 26.2 Å². The van der Waals surface area contributed by atoms with Gasteiger partial charge in [0.25, 0.3) is 5.56 Å². The maximum atomic E-state index is 12.1. The van der Waals surface area contributed by atoms with Crippen LogP contribution in [0.5, 0.6) is 0 Å². The second-order valence-corrected chi connectivity index (χ2v) is 4.73. The Morgan fingerprint density at radius 2 is 2.24 bits per heavy atom. The highest BCUT2D eigenvalue weighted by atomic mass is 16.1. The van der Waals surface area contributed by atoms with Gasteiger partial charge >= 0.3 is 0 Å². The van der Waals surface area contributed by atoms with E-state index in [2.05, 4.69) is 11.2 Å². The van der Waals surface area contributed by atoms with Gasteiger partial charge < -0.3 is 10.6 Å². The zero-order valence-corrected chi connectivity index (χ0v) is 11.9. The van der Waals surface area contributed by atoms with E-state index in [4.69, 9.17) is 11.0 Å². The standard InChI is InChI=1S/C15H17N5O/c1-19(6-5-16)14-8-15(21)20(18-10-14)11-13-4-2-3-12(7-13)9-17/h2-4,7-8,10H,5-6,11,16H2,1H3. The van der Waals surface area contributed by atoms with Crippen LogP contribution in [0, 0.1) is 11.3 Å². The van der Waals surface area contributed by atoms with Gasteiger partial charge in [-0.1, -0.05) is 12.1 Å². The maximum absolute atomic E-state index is 12.1. The molecule has 0 radical (unpaired) electrons. The van der Waals surface area contributed by atoms with Crippen molar-refractivity contribution in [3.8, 4) is 6.07 Å². The minimum Gasteiger partial charge on any atom is -0.372 e. The molecule has 2 aromatic rings. The predicted octanol–water partition coefficient (Wildman–Crippen LogP) is 0.558. The van der Waals surface area contributed by atoms with Crippen molar-refractivity contribution in [3.63, 3.8) is 0 Å². The van der Waals surface area contributed by atoms with Gasteiger partial charge in [-0.3, -0.25) is 4.79 Å². The third-order valence-electron chi connectivity index (χ3n) is 3.15. The monoisotopic (exact) mass is 283 g/mol. The van der Waals surface area contributed by atoms with Crippen molar-refractivity contribution in [3.05, 3.63) is 58.0 Å². The van der Waals surface area contributed by atoms with Crippen LogP contribution in [0.3, 0.4) is 0 Å². The topological polar surface area (TPSA) is 87.9 Å². The molecule has 0 fully saturated rings. The molecule has 1 aromatic heterocycles. The van der Waals surface area contributed by atoms with E-state index in [0.717, 1.165) is 11.3 Å².